The van der Waals surface area contributed by atoms with E-state index in [2.05, 4.69) is 16.9 Å². The van der Waals surface area contributed by atoms with Gasteiger partial charge in [-0.15, -0.1) is 0 Å². The van der Waals surface area contributed by atoms with Crippen LogP contribution in [0.4, 0.5) is 0 Å². The Balaban J connectivity index is 1.49. The molecule has 1 atom stereocenters. The van der Waals surface area contributed by atoms with Crippen LogP contribution in [0.2, 0.25) is 0 Å². The lowest BCUT2D eigenvalue weighted by Gasteiger charge is -2.50. The fraction of sp³-hybridized carbons (Fsp3) is 0.773. The summed E-state index contributed by atoms with van der Waals surface area (Å²) in [6.45, 7) is 4.23. The molecule has 2 aliphatic heterocycles. The Labute approximate surface area is 173 Å². The number of ether oxygens (including phenoxy) is 1. The van der Waals surface area contributed by atoms with Gasteiger partial charge in [0.05, 0.1) is 17.6 Å². The van der Waals surface area contributed by atoms with Gasteiger partial charge in [0.1, 0.15) is 6.61 Å². The number of carbonyl (C=O) groups excluding carboxylic acids is 2. The van der Waals surface area contributed by atoms with Crippen LogP contribution < -0.4 is 0 Å². The quantitative estimate of drug-likeness (QED) is 0.839. The predicted molar refractivity (Wildman–Crippen MR) is 109 cm³/mol. The molecule has 1 saturated carbocycles. The van der Waals surface area contributed by atoms with Crippen LogP contribution in [0.5, 0.6) is 0 Å². The van der Waals surface area contributed by atoms with E-state index in [4.69, 9.17) is 4.74 Å². The number of rotatable bonds is 4. The van der Waals surface area contributed by atoms with Gasteiger partial charge in [0.25, 0.3) is 0 Å². The fourth-order valence-electron chi connectivity index (χ4n) is 5.77. The van der Waals surface area contributed by atoms with E-state index in [1.807, 2.05) is 9.80 Å². The fourth-order valence-corrected chi connectivity index (χ4v) is 5.77. The Morgan fingerprint density at radius 2 is 1.97 bits per heavy atom. The standard InChI is InChI=1S/C22H34N4O3/c1-16(17-6-4-3-5-7-17)21(28)25-12-9-22(10-13-25)20-18(23-15-24-20)8-11-26(22)19(27)14-29-2/h15-17H,3-14H2,1-2H3,(H,23,24)/t16-/m1/s1. The number of aromatic nitrogens is 2. The van der Waals surface area contributed by atoms with Crippen molar-refractivity contribution in [2.75, 3.05) is 33.4 Å². The topological polar surface area (TPSA) is 78.5 Å². The van der Waals surface area contributed by atoms with Crippen LogP contribution in [0, 0.1) is 11.8 Å². The Morgan fingerprint density at radius 3 is 2.66 bits per heavy atom. The van der Waals surface area contributed by atoms with Crippen molar-refractivity contribution in [1.82, 2.24) is 19.8 Å². The third-order valence-corrected chi connectivity index (χ3v) is 7.48. The number of amides is 2. The number of methoxy groups -OCH3 is 1. The molecule has 1 N–H and O–H groups in total. The number of fused-ring (bicyclic) bond motifs is 2. The van der Waals surface area contributed by atoms with E-state index >= 15 is 0 Å². The normalized spacial score (nSPS) is 23.1. The number of hydrogen-bond acceptors (Lipinski definition) is 4. The van der Waals surface area contributed by atoms with Crippen molar-refractivity contribution in [3.63, 3.8) is 0 Å². The van der Waals surface area contributed by atoms with Gasteiger partial charge >= 0.3 is 0 Å². The van der Waals surface area contributed by atoms with Gasteiger partial charge in [-0.2, -0.15) is 0 Å². The van der Waals surface area contributed by atoms with Gasteiger partial charge in [0.15, 0.2) is 0 Å². The highest BCUT2D eigenvalue weighted by molar-refractivity contribution is 5.80. The summed E-state index contributed by atoms with van der Waals surface area (Å²) in [5.41, 5.74) is 1.69. The number of hydrogen-bond donors (Lipinski definition) is 1. The molecule has 3 aliphatic rings. The molecule has 0 bridgehead atoms. The molecule has 3 heterocycles. The second-order valence-electron chi connectivity index (χ2n) is 9.00. The molecule has 2 fully saturated rings. The summed E-state index contributed by atoms with van der Waals surface area (Å²) in [5.74, 6) is 0.929. The lowest BCUT2D eigenvalue weighted by Crippen LogP contribution is -2.60. The zero-order valence-electron chi connectivity index (χ0n) is 17.8. The number of carbonyl (C=O) groups is 2. The molecule has 0 radical (unpaired) electrons. The maximum Gasteiger partial charge on any atom is 0.249 e. The first-order chi connectivity index (χ1) is 14.1. The van der Waals surface area contributed by atoms with Gasteiger partial charge in [-0.25, -0.2) is 4.98 Å². The second-order valence-corrected chi connectivity index (χ2v) is 9.00. The van der Waals surface area contributed by atoms with Gasteiger partial charge in [-0.3, -0.25) is 9.59 Å². The molecule has 1 spiro atoms. The predicted octanol–water partition coefficient (Wildman–Crippen LogP) is 2.47. The summed E-state index contributed by atoms with van der Waals surface area (Å²) in [6.07, 6.45) is 10.2. The number of likely N-dealkylation sites (tertiary alicyclic amines) is 1. The summed E-state index contributed by atoms with van der Waals surface area (Å²) in [6, 6.07) is 0. The summed E-state index contributed by atoms with van der Waals surface area (Å²) in [4.78, 5) is 37.9. The average Bonchev–Trinajstić information content (AvgIpc) is 3.24. The lowest BCUT2D eigenvalue weighted by atomic mass is 9.77. The second kappa shape index (κ2) is 8.46. The Morgan fingerprint density at radius 1 is 1.24 bits per heavy atom. The number of nitrogens with zero attached hydrogens (tertiary/aromatic N) is 3. The van der Waals surface area contributed by atoms with E-state index in [1.165, 1.54) is 32.1 Å². The van der Waals surface area contributed by atoms with Gasteiger partial charge < -0.3 is 19.5 Å². The zero-order valence-corrected chi connectivity index (χ0v) is 17.8. The van der Waals surface area contributed by atoms with Crippen molar-refractivity contribution in [1.29, 1.82) is 0 Å². The highest BCUT2D eigenvalue weighted by Gasteiger charge is 2.49. The Bertz CT molecular complexity index is 732. The van der Waals surface area contributed by atoms with Gasteiger partial charge in [-0.05, 0) is 31.6 Å². The van der Waals surface area contributed by atoms with Crippen molar-refractivity contribution >= 4 is 11.8 Å². The molecule has 1 aromatic heterocycles. The third-order valence-electron chi connectivity index (χ3n) is 7.48. The van der Waals surface area contributed by atoms with E-state index in [0.29, 0.717) is 31.5 Å². The van der Waals surface area contributed by atoms with Crippen LogP contribution in [0.3, 0.4) is 0 Å². The third kappa shape index (κ3) is 3.69. The molecule has 2 amide bonds. The first kappa shape index (κ1) is 20.4. The molecule has 4 rings (SSSR count). The molecule has 160 valence electrons. The minimum atomic E-state index is -0.423. The van der Waals surface area contributed by atoms with Crippen LogP contribution in [0.1, 0.15) is 63.3 Å². The molecule has 1 aliphatic carbocycles. The van der Waals surface area contributed by atoms with Crippen molar-refractivity contribution in [3.8, 4) is 0 Å². The molecular formula is C22H34N4O3. The molecule has 0 aromatic carbocycles. The monoisotopic (exact) mass is 402 g/mol. The zero-order chi connectivity index (χ0) is 20.4. The molecule has 0 unspecified atom stereocenters. The first-order valence-electron chi connectivity index (χ1n) is 11.2. The van der Waals surface area contributed by atoms with Crippen molar-refractivity contribution in [2.45, 2.75) is 63.8 Å². The van der Waals surface area contributed by atoms with Crippen LogP contribution in [0.25, 0.3) is 0 Å². The summed E-state index contributed by atoms with van der Waals surface area (Å²) >= 11 is 0. The number of aromatic amines is 1. The highest BCUT2D eigenvalue weighted by atomic mass is 16.5. The smallest absolute Gasteiger partial charge is 0.249 e. The molecule has 7 heteroatoms. The summed E-state index contributed by atoms with van der Waals surface area (Å²) < 4.78 is 5.13. The van der Waals surface area contributed by atoms with E-state index in [0.717, 1.165) is 30.7 Å². The number of nitrogens with one attached hydrogen (secondary N) is 1. The van der Waals surface area contributed by atoms with Crippen molar-refractivity contribution in [3.05, 3.63) is 17.7 Å². The van der Waals surface area contributed by atoms with Gasteiger partial charge in [0, 0.05) is 44.8 Å². The van der Waals surface area contributed by atoms with Crippen LogP contribution >= 0.6 is 0 Å². The minimum Gasteiger partial charge on any atom is -0.375 e. The molecule has 29 heavy (non-hydrogen) atoms. The van der Waals surface area contributed by atoms with Crippen LogP contribution in [0.15, 0.2) is 6.33 Å². The Hall–Kier alpha value is -1.89. The maximum absolute atomic E-state index is 13.2. The van der Waals surface area contributed by atoms with E-state index in [-0.39, 0.29) is 18.4 Å². The minimum absolute atomic E-state index is 0.0106. The van der Waals surface area contributed by atoms with E-state index in [1.54, 1.807) is 13.4 Å². The van der Waals surface area contributed by atoms with Gasteiger partial charge in [-0.1, -0.05) is 26.2 Å². The average molecular weight is 403 g/mol. The highest BCUT2D eigenvalue weighted by Crippen LogP contribution is 2.43. The number of piperidine rings is 1. The van der Waals surface area contributed by atoms with Crippen molar-refractivity contribution in [2.24, 2.45) is 11.8 Å². The maximum atomic E-state index is 13.2. The molecule has 1 saturated heterocycles. The van der Waals surface area contributed by atoms with E-state index in [9.17, 15) is 9.59 Å². The first-order valence-corrected chi connectivity index (χ1v) is 11.2. The molecule has 7 nitrogen and oxygen atoms in total. The van der Waals surface area contributed by atoms with Crippen molar-refractivity contribution < 1.29 is 14.3 Å². The van der Waals surface area contributed by atoms with Gasteiger partial charge in [0.2, 0.25) is 11.8 Å². The summed E-state index contributed by atoms with van der Waals surface area (Å²) in [5, 5.41) is 0. The summed E-state index contributed by atoms with van der Waals surface area (Å²) in [7, 11) is 1.56. The largest absolute Gasteiger partial charge is 0.375 e. The molecular weight excluding hydrogens is 368 g/mol. The molecule has 1 aromatic rings. The van der Waals surface area contributed by atoms with E-state index < -0.39 is 5.54 Å². The number of imidazole rings is 1. The van der Waals surface area contributed by atoms with Crippen LogP contribution in [-0.4, -0.2) is 64.9 Å². The SMILES string of the molecule is COCC(=O)N1CCc2[nH]cnc2C12CCN(C(=O)[C@H](C)C1CCCCC1)CC2. The van der Waals surface area contributed by atoms with Crippen LogP contribution in [-0.2, 0) is 26.3 Å². The number of H-pyrrole nitrogens is 1. The lowest BCUT2D eigenvalue weighted by molar-refractivity contribution is -0.149. The Kier molecular flexibility index (Phi) is 5.95.